The average Bonchev–Trinajstić information content (AvgIpc) is 3.37. The number of piperidine rings is 1. The first-order chi connectivity index (χ1) is 13.2. The Kier molecular flexibility index (Phi) is 8.04. The van der Waals surface area contributed by atoms with E-state index in [1.54, 1.807) is 12.1 Å². The minimum absolute atomic E-state index is 0. The van der Waals surface area contributed by atoms with Gasteiger partial charge in [0.15, 0.2) is 5.82 Å². The summed E-state index contributed by atoms with van der Waals surface area (Å²) in [6.45, 7) is 2.58. The molecule has 1 saturated carbocycles. The molecular weight excluding hydrogens is 417 g/mol. The highest BCUT2D eigenvalue weighted by Gasteiger charge is 2.26. The van der Waals surface area contributed by atoms with E-state index >= 15 is 0 Å². The second-order valence-electron chi connectivity index (χ2n) is 7.95. The lowest BCUT2D eigenvalue weighted by Gasteiger charge is -2.36. The quantitative estimate of drug-likeness (QED) is 0.514. The van der Waals surface area contributed by atoms with Crippen LogP contribution in [0.25, 0.3) is 11.5 Å². The summed E-state index contributed by atoms with van der Waals surface area (Å²) >= 11 is 12.0. The van der Waals surface area contributed by atoms with Gasteiger partial charge in [-0.2, -0.15) is 4.98 Å². The number of benzene rings is 1. The third kappa shape index (κ3) is 5.41. The Balaban J connectivity index is 0.00000225. The molecule has 2 heterocycles. The van der Waals surface area contributed by atoms with Crippen molar-refractivity contribution in [3.8, 4) is 11.5 Å². The van der Waals surface area contributed by atoms with Gasteiger partial charge in [0, 0.05) is 18.0 Å². The molecule has 7 heteroatoms. The van der Waals surface area contributed by atoms with Crippen molar-refractivity contribution in [3.05, 3.63) is 34.1 Å². The Hall–Kier alpha value is -0.810. The highest BCUT2D eigenvalue weighted by atomic mass is 35.5. The molecule has 2 aliphatic rings. The highest BCUT2D eigenvalue weighted by molar-refractivity contribution is 6.42. The van der Waals surface area contributed by atoms with Gasteiger partial charge >= 0.3 is 0 Å². The third-order valence-corrected chi connectivity index (χ3v) is 6.88. The summed E-state index contributed by atoms with van der Waals surface area (Å²) in [4.78, 5) is 7.25. The number of nitrogens with zero attached hydrogens (tertiary/aromatic N) is 3. The number of halogens is 3. The highest BCUT2D eigenvalue weighted by Crippen LogP contribution is 2.30. The van der Waals surface area contributed by atoms with E-state index in [0.717, 1.165) is 36.2 Å². The number of rotatable bonds is 6. The first kappa shape index (κ1) is 21.9. The molecule has 0 bridgehead atoms. The zero-order valence-corrected chi connectivity index (χ0v) is 18.4. The van der Waals surface area contributed by atoms with E-state index in [-0.39, 0.29) is 12.4 Å². The van der Waals surface area contributed by atoms with Gasteiger partial charge in [-0.15, -0.1) is 12.4 Å². The van der Waals surface area contributed by atoms with Gasteiger partial charge in [-0.05, 0) is 75.7 Å². The number of aromatic nitrogens is 2. The van der Waals surface area contributed by atoms with Gasteiger partial charge in [0.25, 0.3) is 5.89 Å². The summed E-state index contributed by atoms with van der Waals surface area (Å²) in [5.74, 6) is 2.14. The Morgan fingerprint density at radius 2 is 1.79 bits per heavy atom. The number of aryl methyl sites for hydroxylation is 1. The Labute approximate surface area is 183 Å². The van der Waals surface area contributed by atoms with Crippen LogP contribution in [0.4, 0.5) is 0 Å². The lowest BCUT2D eigenvalue weighted by molar-refractivity contribution is 0.130. The predicted octanol–water partition coefficient (Wildman–Crippen LogP) is 6.44. The van der Waals surface area contributed by atoms with Gasteiger partial charge in [-0.1, -0.05) is 41.2 Å². The van der Waals surface area contributed by atoms with Crippen molar-refractivity contribution < 1.29 is 4.52 Å². The standard InChI is InChI=1S/C21H27Cl2N3O.ClH/c22-18-9-8-16(14-19(18)23)21-24-20(25-27-21)7-3-4-15-10-12-26(13-11-15)17-5-1-2-6-17;/h8-9,14-15,17H,1-7,10-13H2;1H. The first-order valence-corrected chi connectivity index (χ1v) is 11.0. The Morgan fingerprint density at radius 3 is 2.50 bits per heavy atom. The minimum atomic E-state index is 0. The van der Waals surface area contributed by atoms with Gasteiger partial charge in [0.1, 0.15) is 0 Å². The van der Waals surface area contributed by atoms with Gasteiger partial charge in [-0.3, -0.25) is 0 Å². The van der Waals surface area contributed by atoms with E-state index in [1.807, 2.05) is 6.07 Å². The SMILES string of the molecule is Cl.Clc1ccc(-c2nc(CCCC3CCN(C4CCCC4)CC3)no2)cc1Cl. The van der Waals surface area contributed by atoms with Crippen LogP contribution in [-0.2, 0) is 6.42 Å². The Bertz CT molecular complexity index is 753. The van der Waals surface area contributed by atoms with E-state index < -0.39 is 0 Å². The normalized spacial score (nSPS) is 19.1. The summed E-state index contributed by atoms with van der Waals surface area (Å²) in [5.41, 5.74) is 0.808. The molecule has 0 amide bonds. The van der Waals surface area contributed by atoms with E-state index in [0.29, 0.717) is 15.9 Å². The molecule has 0 N–H and O–H groups in total. The molecule has 4 rings (SSSR count). The third-order valence-electron chi connectivity index (χ3n) is 6.14. The van der Waals surface area contributed by atoms with Crippen molar-refractivity contribution in [1.29, 1.82) is 0 Å². The largest absolute Gasteiger partial charge is 0.334 e. The summed E-state index contributed by atoms with van der Waals surface area (Å²) in [5, 5.41) is 5.15. The van der Waals surface area contributed by atoms with E-state index in [2.05, 4.69) is 15.0 Å². The molecule has 1 aliphatic carbocycles. The predicted molar refractivity (Wildman–Crippen MR) is 116 cm³/mol. The van der Waals surface area contributed by atoms with E-state index in [9.17, 15) is 0 Å². The summed E-state index contributed by atoms with van der Waals surface area (Å²) in [6.07, 6.45) is 11.6. The van der Waals surface area contributed by atoms with Crippen LogP contribution in [0.1, 0.15) is 57.2 Å². The maximum atomic E-state index is 6.07. The van der Waals surface area contributed by atoms with Crippen LogP contribution in [0.2, 0.25) is 10.0 Å². The summed E-state index contributed by atoms with van der Waals surface area (Å²) < 4.78 is 5.39. The maximum Gasteiger partial charge on any atom is 0.257 e. The van der Waals surface area contributed by atoms with Gasteiger partial charge < -0.3 is 9.42 Å². The second-order valence-corrected chi connectivity index (χ2v) is 8.77. The molecule has 1 aromatic carbocycles. The van der Waals surface area contributed by atoms with Crippen molar-refractivity contribution in [3.63, 3.8) is 0 Å². The van der Waals surface area contributed by atoms with Gasteiger partial charge in [0.2, 0.25) is 0 Å². The molecule has 0 atom stereocenters. The number of hydrogen-bond donors (Lipinski definition) is 0. The smallest absolute Gasteiger partial charge is 0.257 e. The molecule has 4 nitrogen and oxygen atoms in total. The van der Waals surface area contributed by atoms with E-state index in [1.165, 1.54) is 58.0 Å². The lowest BCUT2D eigenvalue weighted by atomic mass is 9.90. The molecule has 1 aliphatic heterocycles. The molecule has 2 aromatic rings. The number of likely N-dealkylation sites (tertiary alicyclic amines) is 1. The van der Waals surface area contributed by atoms with Crippen LogP contribution in [0.15, 0.2) is 22.7 Å². The maximum absolute atomic E-state index is 6.07. The monoisotopic (exact) mass is 443 g/mol. The number of hydrogen-bond acceptors (Lipinski definition) is 4. The van der Waals surface area contributed by atoms with Crippen molar-refractivity contribution in [2.75, 3.05) is 13.1 Å². The topological polar surface area (TPSA) is 42.2 Å². The first-order valence-electron chi connectivity index (χ1n) is 10.2. The molecule has 0 radical (unpaired) electrons. The van der Waals surface area contributed by atoms with Crippen LogP contribution in [0.5, 0.6) is 0 Å². The molecule has 0 unspecified atom stereocenters. The van der Waals surface area contributed by atoms with Crippen LogP contribution >= 0.6 is 35.6 Å². The van der Waals surface area contributed by atoms with Crippen LogP contribution in [0.3, 0.4) is 0 Å². The zero-order chi connectivity index (χ0) is 18.6. The Morgan fingerprint density at radius 1 is 1.04 bits per heavy atom. The van der Waals surface area contributed by atoms with Gasteiger partial charge in [-0.25, -0.2) is 0 Å². The molecule has 1 saturated heterocycles. The molecular formula is C21H28Cl3N3O. The van der Waals surface area contributed by atoms with Crippen molar-refractivity contribution in [2.24, 2.45) is 5.92 Å². The molecule has 2 fully saturated rings. The van der Waals surface area contributed by atoms with Crippen LogP contribution in [0, 0.1) is 5.92 Å². The lowest BCUT2D eigenvalue weighted by Crippen LogP contribution is -2.40. The fourth-order valence-electron chi connectivity index (χ4n) is 4.53. The van der Waals surface area contributed by atoms with Crippen molar-refractivity contribution in [1.82, 2.24) is 15.0 Å². The summed E-state index contributed by atoms with van der Waals surface area (Å²) in [6, 6.07) is 6.24. The van der Waals surface area contributed by atoms with Crippen molar-refractivity contribution in [2.45, 2.75) is 63.8 Å². The molecule has 0 spiro atoms. The van der Waals surface area contributed by atoms with Gasteiger partial charge in [0.05, 0.1) is 10.0 Å². The summed E-state index contributed by atoms with van der Waals surface area (Å²) in [7, 11) is 0. The average molecular weight is 445 g/mol. The molecule has 28 heavy (non-hydrogen) atoms. The fraction of sp³-hybridized carbons (Fsp3) is 0.619. The fourth-order valence-corrected chi connectivity index (χ4v) is 4.83. The zero-order valence-electron chi connectivity index (χ0n) is 16.1. The molecule has 154 valence electrons. The van der Waals surface area contributed by atoms with E-state index in [4.69, 9.17) is 27.7 Å². The second kappa shape index (κ2) is 10.3. The van der Waals surface area contributed by atoms with Crippen LogP contribution in [-0.4, -0.2) is 34.2 Å². The van der Waals surface area contributed by atoms with Crippen molar-refractivity contribution >= 4 is 35.6 Å². The van der Waals surface area contributed by atoms with Crippen LogP contribution < -0.4 is 0 Å². The minimum Gasteiger partial charge on any atom is -0.334 e. The molecule has 1 aromatic heterocycles.